The molecule has 0 fully saturated rings. The largest absolute Gasteiger partial charge is 0.286 e. The van der Waals surface area contributed by atoms with Crippen LogP contribution in [0.15, 0.2) is 48.5 Å². The van der Waals surface area contributed by atoms with Gasteiger partial charge in [-0.05, 0) is 23.6 Å². The zero-order valence-corrected chi connectivity index (χ0v) is 13.1. The second-order valence-electron chi connectivity index (χ2n) is 5.54. The highest BCUT2D eigenvalue weighted by Gasteiger charge is 2.38. The van der Waals surface area contributed by atoms with E-state index in [1.54, 1.807) is 12.1 Å². The van der Waals surface area contributed by atoms with Gasteiger partial charge in [0.1, 0.15) is 0 Å². The molecule has 118 valence electrons. The molecule has 2 aromatic rings. The highest BCUT2D eigenvalue weighted by molar-refractivity contribution is 6.23. The minimum absolute atomic E-state index is 0.374. The minimum Gasteiger partial charge on any atom is -0.266 e. The van der Waals surface area contributed by atoms with Crippen LogP contribution in [-0.4, -0.2) is 23.5 Å². The van der Waals surface area contributed by atoms with Gasteiger partial charge in [-0.15, -0.1) is 5.06 Å². The maximum absolute atomic E-state index is 12.6. The molecule has 0 atom stereocenters. The predicted molar refractivity (Wildman–Crippen MR) is 87.9 cm³/mol. The molecule has 0 N–H and O–H groups in total. The Labute approximate surface area is 135 Å². The molecule has 0 aromatic heterocycles. The molecule has 1 heterocycles. The van der Waals surface area contributed by atoms with E-state index in [-0.39, 0.29) is 11.8 Å². The Morgan fingerprint density at radius 3 is 2.35 bits per heavy atom. The van der Waals surface area contributed by atoms with Crippen LogP contribution in [0.2, 0.25) is 0 Å². The lowest BCUT2D eigenvalue weighted by molar-refractivity contribution is -0.0922. The second-order valence-corrected chi connectivity index (χ2v) is 5.54. The third-order valence-corrected chi connectivity index (χ3v) is 3.93. The van der Waals surface area contributed by atoms with Crippen LogP contribution in [0.4, 0.5) is 0 Å². The number of carbonyl (C=O) groups excluding carboxylic acids is 2. The maximum atomic E-state index is 12.6. The normalized spacial score (nSPS) is 13.5. The van der Waals surface area contributed by atoms with E-state index in [0.717, 1.165) is 35.5 Å². The Morgan fingerprint density at radius 2 is 1.61 bits per heavy atom. The van der Waals surface area contributed by atoms with E-state index < -0.39 is 0 Å². The van der Waals surface area contributed by atoms with E-state index in [4.69, 9.17) is 4.84 Å². The summed E-state index contributed by atoms with van der Waals surface area (Å²) in [6.07, 6.45) is 2.90. The smallest absolute Gasteiger partial charge is 0.266 e. The molecule has 23 heavy (non-hydrogen) atoms. The van der Waals surface area contributed by atoms with Gasteiger partial charge in [-0.3, -0.25) is 14.4 Å². The molecule has 0 spiro atoms. The Morgan fingerprint density at radius 1 is 0.870 bits per heavy atom. The molecule has 1 aliphatic rings. The standard InChI is InChI=1S/C19H19NO3/c1-2-3-7-13-23-20-18(21)16-12-8-11-15(17(16)19(20)22)14-9-5-4-6-10-14/h4-6,8-12H,2-3,7,13H2,1H3. The summed E-state index contributed by atoms with van der Waals surface area (Å²) in [4.78, 5) is 30.5. The van der Waals surface area contributed by atoms with Crippen molar-refractivity contribution in [2.24, 2.45) is 0 Å². The molecular weight excluding hydrogens is 290 g/mol. The first-order valence-electron chi connectivity index (χ1n) is 7.94. The van der Waals surface area contributed by atoms with Gasteiger partial charge in [0.2, 0.25) is 0 Å². The van der Waals surface area contributed by atoms with Gasteiger partial charge in [0.05, 0.1) is 17.7 Å². The highest BCUT2D eigenvalue weighted by atomic mass is 16.7. The van der Waals surface area contributed by atoms with Gasteiger partial charge < -0.3 is 0 Å². The van der Waals surface area contributed by atoms with Crippen LogP contribution in [0.5, 0.6) is 0 Å². The molecular formula is C19H19NO3. The number of nitrogens with zero attached hydrogens (tertiary/aromatic N) is 1. The topological polar surface area (TPSA) is 46.6 Å². The number of fused-ring (bicyclic) bond motifs is 1. The monoisotopic (exact) mass is 309 g/mol. The van der Waals surface area contributed by atoms with Crippen molar-refractivity contribution in [3.05, 3.63) is 59.7 Å². The van der Waals surface area contributed by atoms with Gasteiger partial charge in [0.25, 0.3) is 11.8 Å². The summed E-state index contributed by atoms with van der Waals surface area (Å²) in [5.74, 6) is -0.750. The molecule has 0 saturated carbocycles. The van der Waals surface area contributed by atoms with Gasteiger partial charge in [-0.1, -0.05) is 62.2 Å². The number of hydrogen-bond acceptors (Lipinski definition) is 3. The molecule has 2 amide bonds. The lowest BCUT2D eigenvalue weighted by atomic mass is 9.97. The first-order valence-corrected chi connectivity index (χ1v) is 7.94. The van der Waals surface area contributed by atoms with Crippen LogP contribution in [-0.2, 0) is 4.84 Å². The van der Waals surface area contributed by atoms with E-state index in [2.05, 4.69) is 6.92 Å². The average molecular weight is 309 g/mol. The number of carbonyl (C=O) groups is 2. The highest BCUT2D eigenvalue weighted by Crippen LogP contribution is 2.32. The molecule has 1 aliphatic heterocycles. The lowest BCUT2D eigenvalue weighted by Gasteiger charge is -2.13. The summed E-state index contributed by atoms with van der Waals surface area (Å²) in [6.45, 7) is 2.47. The fourth-order valence-electron chi connectivity index (χ4n) is 2.75. The second kappa shape index (κ2) is 6.75. The molecule has 0 bridgehead atoms. The van der Waals surface area contributed by atoms with Gasteiger partial charge in [-0.2, -0.15) is 0 Å². The molecule has 2 aromatic carbocycles. The first kappa shape index (κ1) is 15.4. The Balaban J connectivity index is 1.90. The average Bonchev–Trinajstić information content (AvgIpc) is 2.84. The number of rotatable bonds is 6. The minimum atomic E-state index is -0.376. The lowest BCUT2D eigenvalue weighted by Crippen LogP contribution is -2.30. The molecule has 4 heteroatoms. The number of hydrogen-bond donors (Lipinski definition) is 0. The van der Waals surface area contributed by atoms with Crippen molar-refractivity contribution < 1.29 is 14.4 Å². The van der Waals surface area contributed by atoms with Crippen molar-refractivity contribution in [1.82, 2.24) is 5.06 Å². The van der Waals surface area contributed by atoms with Crippen molar-refractivity contribution in [3.8, 4) is 11.1 Å². The molecule has 0 aliphatic carbocycles. The first-order chi connectivity index (χ1) is 11.2. The fourth-order valence-corrected chi connectivity index (χ4v) is 2.75. The van der Waals surface area contributed by atoms with Crippen molar-refractivity contribution in [3.63, 3.8) is 0 Å². The van der Waals surface area contributed by atoms with Crippen LogP contribution in [0.1, 0.15) is 46.9 Å². The van der Waals surface area contributed by atoms with Gasteiger partial charge >= 0.3 is 0 Å². The van der Waals surface area contributed by atoms with E-state index in [1.165, 1.54) is 0 Å². The number of imide groups is 1. The number of hydroxylamine groups is 2. The fraction of sp³-hybridized carbons (Fsp3) is 0.263. The van der Waals surface area contributed by atoms with Crippen molar-refractivity contribution in [2.45, 2.75) is 26.2 Å². The molecule has 0 unspecified atom stereocenters. The molecule has 3 rings (SSSR count). The van der Waals surface area contributed by atoms with Crippen molar-refractivity contribution in [2.75, 3.05) is 6.61 Å². The molecule has 4 nitrogen and oxygen atoms in total. The van der Waals surface area contributed by atoms with Gasteiger partial charge in [0, 0.05) is 0 Å². The Bertz CT molecular complexity index is 725. The van der Waals surface area contributed by atoms with Crippen LogP contribution >= 0.6 is 0 Å². The van der Waals surface area contributed by atoms with Gasteiger partial charge in [-0.25, -0.2) is 0 Å². The van der Waals surface area contributed by atoms with Crippen LogP contribution in [0, 0.1) is 0 Å². The summed E-state index contributed by atoms with van der Waals surface area (Å²) >= 11 is 0. The number of amides is 2. The predicted octanol–water partition coefficient (Wildman–Crippen LogP) is 4.07. The van der Waals surface area contributed by atoms with E-state index >= 15 is 0 Å². The summed E-state index contributed by atoms with van der Waals surface area (Å²) in [5.41, 5.74) is 2.52. The number of unbranched alkanes of at least 4 members (excludes halogenated alkanes) is 2. The summed E-state index contributed by atoms with van der Waals surface area (Å²) in [5, 5.41) is 0.909. The summed E-state index contributed by atoms with van der Waals surface area (Å²) < 4.78 is 0. The zero-order valence-electron chi connectivity index (χ0n) is 13.1. The summed E-state index contributed by atoms with van der Waals surface area (Å²) in [6, 6.07) is 14.9. The zero-order chi connectivity index (χ0) is 16.2. The van der Waals surface area contributed by atoms with E-state index in [1.807, 2.05) is 36.4 Å². The third-order valence-electron chi connectivity index (χ3n) is 3.93. The third kappa shape index (κ3) is 2.90. The van der Waals surface area contributed by atoms with Crippen molar-refractivity contribution >= 4 is 11.8 Å². The van der Waals surface area contributed by atoms with Gasteiger partial charge in [0.15, 0.2) is 0 Å². The van der Waals surface area contributed by atoms with E-state index in [0.29, 0.717) is 17.7 Å². The van der Waals surface area contributed by atoms with Crippen molar-refractivity contribution in [1.29, 1.82) is 0 Å². The molecule has 0 saturated heterocycles. The van der Waals surface area contributed by atoms with Crippen LogP contribution in [0.25, 0.3) is 11.1 Å². The quantitative estimate of drug-likeness (QED) is 0.597. The Kier molecular flexibility index (Phi) is 4.53. The molecule has 0 radical (unpaired) electrons. The Hall–Kier alpha value is -2.46. The van der Waals surface area contributed by atoms with E-state index in [9.17, 15) is 9.59 Å². The van der Waals surface area contributed by atoms with Crippen LogP contribution in [0.3, 0.4) is 0 Å². The maximum Gasteiger partial charge on any atom is 0.286 e. The summed E-state index contributed by atoms with van der Waals surface area (Å²) in [7, 11) is 0. The van der Waals surface area contributed by atoms with Crippen LogP contribution < -0.4 is 0 Å². The SMILES string of the molecule is CCCCCON1C(=O)c2cccc(-c3ccccc3)c2C1=O. The number of benzene rings is 2.